The Morgan fingerprint density at radius 3 is 2.38 bits per heavy atom. The van der Waals surface area contributed by atoms with Crippen molar-refractivity contribution in [3.05, 3.63) is 65.7 Å². The smallest absolute Gasteiger partial charge is 0.240 e. The monoisotopic (exact) mass is 304 g/mol. The molecule has 0 saturated heterocycles. The van der Waals surface area contributed by atoms with E-state index in [9.17, 15) is 8.42 Å². The maximum absolute atomic E-state index is 12.2. The second kappa shape index (κ2) is 7.36. The van der Waals surface area contributed by atoms with Crippen LogP contribution in [0.15, 0.2) is 59.5 Å². The Morgan fingerprint density at radius 2 is 1.67 bits per heavy atom. The third kappa shape index (κ3) is 4.67. The lowest BCUT2D eigenvalue weighted by Crippen LogP contribution is -2.26. The fourth-order valence-electron chi connectivity index (χ4n) is 2.08. The van der Waals surface area contributed by atoms with Gasteiger partial charge >= 0.3 is 0 Å². The lowest BCUT2D eigenvalue weighted by atomic mass is 10.2. The van der Waals surface area contributed by atoms with Gasteiger partial charge in [0.2, 0.25) is 10.0 Å². The minimum Gasteiger partial charge on any atom is -0.316 e. The van der Waals surface area contributed by atoms with Crippen LogP contribution >= 0.6 is 0 Å². The maximum Gasteiger partial charge on any atom is 0.240 e. The summed E-state index contributed by atoms with van der Waals surface area (Å²) in [5, 5.41) is 3.01. The number of sulfonamides is 1. The Hall–Kier alpha value is -1.69. The molecule has 0 bridgehead atoms. The first-order valence-electron chi connectivity index (χ1n) is 6.89. The first kappa shape index (κ1) is 15.7. The molecule has 5 heteroatoms. The van der Waals surface area contributed by atoms with Crippen molar-refractivity contribution in [1.29, 1.82) is 0 Å². The molecule has 0 aliphatic carbocycles. The highest BCUT2D eigenvalue weighted by atomic mass is 32.2. The van der Waals surface area contributed by atoms with Crippen LogP contribution in [0.2, 0.25) is 0 Å². The van der Waals surface area contributed by atoms with E-state index in [0.717, 1.165) is 11.1 Å². The summed E-state index contributed by atoms with van der Waals surface area (Å²) in [7, 11) is -1.62. The normalized spacial score (nSPS) is 11.5. The van der Waals surface area contributed by atoms with E-state index < -0.39 is 10.0 Å². The zero-order valence-electron chi connectivity index (χ0n) is 12.0. The Balaban J connectivity index is 1.99. The molecule has 112 valence electrons. The molecule has 0 atom stereocenters. The van der Waals surface area contributed by atoms with Gasteiger partial charge in [-0.05, 0) is 36.7 Å². The molecule has 0 aliphatic rings. The molecule has 0 unspecified atom stereocenters. The second-order valence-electron chi connectivity index (χ2n) is 4.81. The highest BCUT2D eigenvalue weighted by Gasteiger charge is 2.13. The van der Waals surface area contributed by atoms with Crippen LogP contribution in [-0.4, -0.2) is 22.0 Å². The van der Waals surface area contributed by atoms with E-state index in [-0.39, 0.29) is 0 Å². The summed E-state index contributed by atoms with van der Waals surface area (Å²) in [5.74, 6) is 0. The van der Waals surface area contributed by atoms with E-state index in [1.807, 2.05) is 43.4 Å². The molecule has 2 aromatic rings. The van der Waals surface area contributed by atoms with Crippen molar-refractivity contribution in [1.82, 2.24) is 10.0 Å². The topological polar surface area (TPSA) is 58.2 Å². The van der Waals surface area contributed by atoms with E-state index in [1.165, 1.54) is 0 Å². The lowest BCUT2D eigenvalue weighted by Gasteiger charge is -2.08. The molecule has 0 fully saturated rings. The van der Waals surface area contributed by atoms with Crippen LogP contribution in [0.4, 0.5) is 0 Å². The van der Waals surface area contributed by atoms with E-state index >= 15 is 0 Å². The molecule has 0 heterocycles. The summed E-state index contributed by atoms with van der Waals surface area (Å²) in [6.07, 6.45) is 0.677. The summed E-state index contributed by atoms with van der Waals surface area (Å²) in [5.41, 5.74) is 2.06. The second-order valence-corrected chi connectivity index (χ2v) is 6.58. The summed E-state index contributed by atoms with van der Waals surface area (Å²) in [6.45, 7) is 1.04. The first-order valence-corrected chi connectivity index (χ1v) is 8.37. The number of rotatable bonds is 7. The number of hydrogen-bond donors (Lipinski definition) is 2. The van der Waals surface area contributed by atoms with Crippen molar-refractivity contribution in [2.45, 2.75) is 17.9 Å². The van der Waals surface area contributed by atoms with Gasteiger partial charge in [-0.25, -0.2) is 13.1 Å². The van der Waals surface area contributed by atoms with E-state index in [4.69, 9.17) is 0 Å². The average Bonchev–Trinajstić information content (AvgIpc) is 2.49. The molecule has 2 aromatic carbocycles. The van der Waals surface area contributed by atoms with Crippen molar-refractivity contribution in [2.75, 3.05) is 13.6 Å². The van der Waals surface area contributed by atoms with Crippen molar-refractivity contribution in [3.8, 4) is 0 Å². The lowest BCUT2D eigenvalue weighted by molar-refractivity contribution is 0.581. The van der Waals surface area contributed by atoms with Crippen LogP contribution in [0, 0.1) is 0 Å². The van der Waals surface area contributed by atoms with Gasteiger partial charge in [0.1, 0.15) is 0 Å². The van der Waals surface area contributed by atoms with Crippen LogP contribution in [0.3, 0.4) is 0 Å². The van der Waals surface area contributed by atoms with Gasteiger partial charge in [-0.2, -0.15) is 0 Å². The molecule has 2 N–H and O–H groups in total. The Labute approximate surface area is 126 Å². The molecule has 0 aliphatic heterocycles. The van der Waals surface area contributed by atoms with E-state index in [1.54, 1.807) is 18.2 Å². The van der Waals surface area contributed by atoms with E-state index in [2.05, 4.69) is 10.0 Å². The standard InChI is InChI=1S/C16H20N2O2S/c1-17-13-15-8-5-9-16(12-15)21(19,20)18-11-10-14-6-3-2-4-7-14/h2-9,12,17-18H,10-11,13H2,1H3. The molecule has 4 nitrogen and oxygen atoms in total. The third-order valence-electron chi connectivity index (χ3n) is 3.14. The van der Waals surface area contributed by atoms with Crippen LogP contribution in [-0.2, 0) is 23.0 Å². The predicted molar refractivity (Wildman–Crippen MR) is 84.5 cm³/mol. The fourth-order valence-corrected chi connectivity index (χ4v) is 3.19. The molecule has 0 amide bonds. The molecule has 0 saturated carbocycles. The Kier molecular flexibility index (Phi) is 5.50. The largest absolute Gasteiger partial charge is 0.316 e. The molecule has 0 spiro atoms. The van der Waals surface area contributed by atoms with Crippen LogP contribution < -0.4 is 10.0 Å². The summed E-state index contributed by atoms with van der Waals surface area (Å²) < 4.78 is 27.1. The summed E-state index contributed by atoms with van der Waals surface area (Å²) in [6, 6.07) is 16.8. The van der Waals surface area contributed by atoms with Crippen molar-refractivity contribution in [3.63, 3.8) is 0 Å². The number of nitrogens with one attached hydrogen (secondary N) is 2. The third-order valence-corrected chi connectivity index (χ3v) is 4.60. The molecular weight excluding hydrogens is 284 g/mol. The highest BCUT2D eigenvalue weighted by molar-refractivity contribution is 7.89. The van der Waals surface area contributed by atoms with Crippen molar-refractivity contribution < 1.29 is 8.42 Å². The van der Waals surface area contributed by atoms with Crippen LogP contribution in [0.1, 0.15) is 11.1 Å². The van der Waals surface area contributed by atoms with Gasteiger partial charge in [-0.15, -0.1) is 0 Å². The highest BCUT2D eigenvalue weighted by Crippen LogP contribution is 2.11. The molecule has 0 aromatic heterocycles. The van der Waals surface area contributed by atoms with E-state index in [0.29, 0.717) is 24.4 Å². The van der Waals surface area contributed by atoms with Gasteiger partial charge in [0.25, 0.3) is 0 Å². The summed E-state index contributed by atoms with van der Waals surface area (Å²) in [4.78, 5) is 0.309. The molecular formula is C16H20N2O2S. The molecule has 2 rings (SSSR count). The van der Waals surface area contributed by atoms with Crippen LogP contribution in [0.25, 0.3) is 0 Å². The summed E-state index contributed by atoms with van der Waals surface area (Å²) >= 11 is 0. The number of hydrogen-bond acceptors (Lipinski definition) is 3. The molecule has 21 heavy (non-hydrogen) atoms. The average molecular weight is 304 g/mol. The van der Waals surface area contributed by atoms with Gasteiger partial charge in [0.05, 0.1) is 4.90 Å². The first-order chi connectivity index (χ1) is 10.1. The quantitative estimate of drug-likeness (QED) is 0.822. The Bertz CT molecular complexity index is 670. The number of benzene rings is 2. The van der Waals surface area contributed by atoms with Crippen LogP contribution in [0.5, 0.6) is 0 Å². The Morgan fingerprint density at radius 1 is 0.952 bits per heavy atom. The zero-order chi connectivity index (χ0) is 15.1. The van der Waals surface area contributed by atoms with Gasteiger partial charge in [0.15, 0.2) is 0 Å². The van der Waals surface area contributed by atoms with Gasteiger partial charge < -0.3 is 5.32 Å². The maximum atomic E-state index is 12.2. The zero-order valence-corrected chi connectivity index (χ0v) is 12.9. The minimum atomic E-state index is -3.45. The minimum absolute atomic E-state index is 0.309. The van der Waals surface area contributed by atoms with Gasteiger partial charge in [-0.1, -0.05) is 42.5 Å². The fraction of sp³-hybridized carbons (Fsp3) is 0.250. The predicted octanol–water partition coefficient (Wildman–Crippen LogP) is 1.93. The van der Waals surface area contributed by atoms with Crippen molar-refractivity contribution >= 4 is 10.0 Å². The van der Waals surface area contributed by atoms with Gasteiger partial charge in [-0.3, -0.25) is 0 Å². The SMILES string of the molecule is CNCc1cccc(S(=O)(=O)NCCc2ccccc2)c1. The molecule has 0 radical (unpaired) electrons. The van der Waals surface area contributed by atoms with Crippen molar-refractivity contribution in [2.24, 2.45) is 0 Å². The van der Waals surface area contributed by atoms with Gasteiger partial charge in [0, 0.05) is 13.1 Å².